The number of hydrogen-bond acceptors (Lipinski definition) is 6. The number of aryl methyl sites for hydroxylation is 1. The Kier molecular flexibility index (Phi) is 12.8. The molecule has 0 aliphatic heterocycles. The number of carboxylic acids is 1. The topological polar surface area (TPSA) is 132 Å². The first-order valence-corrected chi connectivity index (χ1v) is 14.5. The third-order valence-corrected chi connectivity index (χ3v) is 6.95. The molecule has 0 heterocycles. The maximum Gasteiger partial charge on any atom is 0.426 e. The number of benzene rings is 3. The van der Waals surface area contributed by atoms with E-state index in [-0.39, 0.29) is 16.9 Å². The largest absolute Gasteiger partial charge is 0.494 e. The summed E-state index contributed by atoms with van der Waals surface area (Å²) in [5.41, 5.74) is 14.5. The monoisotopic (exact) mass is 591 g/mol. The number of anilines is 2. The predicted octanol–water partition coefficient (Wildman–Crippen LogP) is 8.10. The first-order chi connectivity index (χ1) is 20.7. The van der Waals surface area contributed by atoms with Crippen LogP contribution in [-0.4, -0.2) is 17.7 Å². The van der Waals surface area contributed by atoms with Crippen LogP contribution in [0.25, 0.3) is 6.08 Å². The zero-order valence-electron chi connectivity index (χ0n) is 24.2. The highest BCUT2D eigenvalue weighted by molar-refractivity contribution is 5.92. The Morgan fingerprint density at radius 3 is 2.23 bits per heavy atom. The molecule has 0 spiro atoms. The van der Waals surface area contributed by atoms with Crippen molar-refractivity contribution < 1.29 is 28.2 Å². The van der Waals surface area contributed by atoms with Crippen molar-refractivity contribution in [3.8, 4) is 17.6 Å². The number of halogens is 2. The average Bonchev–Trinajstić information content (AvgIpc) is 2.98. The summed E-state index contributed by atoms with van der Waals surface area (Å²) in [5.74, 6) is -0.566. The molecule has 9 heteroatoms. The summed E-state index contributed by atoms with van der Waals surface area (Å²) in [5, 5.41) is 18.2. The second-order valence-electron chi connectivity index (χ2n) is 10.4. The van der Waals surface area contributed by atoms with Crippen LogP contribution in [-0.2, 0) is 17.3 Å². The van der Waals surface area contributed by atoms with Gasteiger partial charge >= 0.3 is 12.1 Å². The Hall–Kier alpha value is -4.58. The number of nitrogens with two attached hydrogens (primary N) is 2. The minimum atomic E-state index is -3.57. The van der Waals surface area contributed by atoms with E-state index < -0.39 is 12.1 Å². The van der Waals surface area contributed by atoms with Crippen molar-refractivity contribution in [2.45, 2.75) is 70.3 Å². The molecule has 0 saturated carbocycles. The fourth-order valence-corrected chi connectivity index (χ4v) is 4.52. The van der Waals surface area contributed by atoms with Crippen LogP contribution in [0.2, 0.25) is 0 Å². The van der Waals surface area contributed by atoms with Gasteiger partial charge in [-0.2, -0.15) is 14.0 Å². The maximum absolute atomic E-state index is 14.8. The second kappa shape index (κ2) is 16.8. The van der Waals surface area contributed by atoms with Gasteiger partial charge in [0.2, 0.25) is 0 Å². The van der Waals surface area contributed by atoms with Gasteiger partial charge in [-0.25, -0.2) is 4.79 Å². The molecule has 228 valence electrons. The van der Waals surface area contributed by atoms with Crippen molar-refractivity contribution in [3.05, 3.63) is 89.0 Å². The van der Waals surface area contributed by atoms with Gasteiger partial charge in [-0.1, -0.05) is 37.5 Å². The van der Waals surface area contributed by atoms with Crippen LogP contribution in [0.5, 0.6) is 11.5 Å². The van der Waals surface area contributed by atoms with Crippen LogP contribution in [0.4, 0.5) is 20.2 Å². The van der Waals surface area contributed by atoms with E-state index in [2.05, 4.69) is 6.07 Å². The summed E-state index contributed by atoms with van der Waals surface area (Å²) in [6.45, 7) is 0.475. The Labute approximate surface area is 251 Å². The molecule has 3 aromatic rings. The molecule has 0 aromatic heterocycles. The van der Waals surface area contributed by atoms with Crippen LogP contribution in [0.1, 0.15) is 74.5 Å². The third kappa shape index (κ3) is 11.3. The van der Waals surface area contributed by atoms with E-state index in [9.17, 15) is 18.7 Å². The van der Waals surface area contributed by atoms with Crippen molar-refractivity contribution in [3.63, 3.8) is 0 Å². The highest BCUT2D eigenvalue weighted by Gasteiger charge is 2.34. The lowest BCUT2D eigenvalue weighted by Gasteiger charge is -2.18. The molecule has 0 radical (unpaired) electrons. The van der Waals surface area contributed by atoms with E-state index in [0.29, 0.717) is 48.6 Å². The molecule has 0 amide bonds. The molecule has 0 saturated heterocycles. The Balaban J connectivity index is 1.47. The number of nitriles is 1. The molecular formula is C34H39F2N3O4. The summed E-state index contributed by atoms with van der Waals surface area (Å²) >= 11 is 0. The first-order valence-electron chi connectivity index (χ1n) is 14.5. The van der Waals surface area contributed by atoms with Crippen molar-refractivity contribution in [1.82, 2.24) is 0 Å². The Morgan fingerprint density at radius 1 is 0.884 bits per heavy atom. The molecule has 0 aliphatic rings. The number of ether oxygens (including phenoxy) is 2. The standard InChI is InChI=1S/C34H39F2N3O4/c35-34(36,28-14-19-30(20-15-28)42-22-8-3-1-2-7-21-37)43-31-17-11-25(12-18-31)23-27(33(40)41)10-6-4-5-9-26-13-16-29(38)24-32(26)39/h11-20,23-24H,1-10,22,38-39H2,(H,40,41). The Morgan fingerprint density at radius 2 is 1.56 bits per heavy atom. The Bertz CT molecular complexity index is 1380. The van der Waals surface area contributed by atoms with Crippen molar-refractivity contribution in [2.75, 3.05) is 18.1 Å². The lowest BCUT2D eigenvalue weighted by atomic mass is 10.0. The van der Waals surface area contributed by atoms with Crippen LogP contribution in [0.3, 0.4) is 0 Å². The fraction of sp³-hybridized carbons (Fsp3) is 0.353. The lowest BCUT2D eigenvalue weighted by molar-refractivity contribution is -0.185. The van der Waals surface area contributed by atoms with E-state index in [1.807, 2.05) is 12.1 Å². The number of nitrogens with zero attached hydrogens (tertiary/aromatic N) is 1. The van der Waals surface area contributed by atoms with Crippen LogP contribution < -0.4 is 20.9 Å². The summed E-state index contributed by atoms with van der Waals surface area (Å²) in [4.78, 5) is 11.8. The van der Waals surface area contributed by atoms with Gasteiger partial charge in [0.25, 0.3) is 0 Å². The van der Waals surface area contributed by atoms with Gasteiger partial charge < -0.3 is 26.0 Å². The van der Waals surface area contributed by atoms with Crippen molar-refractivity contribution in [2.24, 2.45) is 0 Å². The van der Waals surface area contributed by atoms with Crippen molar-refractivity contribution in [1.29, 1.82) is 5.26 Å². The number of unbranched alkanes of at least 4 members (excludes halogenated alkanes) is 6. The van der Waals surface area contributed by atoms with Gasteiger partial charge in [-0.3, -0.25) is 0 Å². The molecule has 0 bridgehead atoms. The van der Waals surface area contributed by atoms with Crippen molar-refractivity contribution >= 4 is 23.4 Å². The molecule has 0 unspecified atom stereocenters. The van der Waals surface area contributed by atoms with E-state index in [1.54, 1.807) is 24.3 Å². The van der Waals surface area contributed by atoms with Crippen LogP contribution >= 0.6 is 0 Å². The number of rotatable bonds is 18. The highest BCUT2D eigenvalue weighted by Crippen LogP contribution is 2.33. The average molecular weight is 592 g/mol. The quantitative estimate of drug-likeness (QED) is 0.0773. The minimum Gasteiger partial charge on any atom is -0.494 e. The summed E-state index contributed by atoms with van der Waals surface area (Å²) in [6, 6.07) is 19.0. The maximum atomic E-state index is 14.8. The first kappa shape index (κ1) is 32.9. The predicted molar refractivity (Wildman–Crippen MR) is 165 cm³/mol. The summed E-state index contributed by atoms with van der Waals surface area (Å²) < 4.78 is 40.2. The zero-order valence-corrected chi connectivity index (χ0v) is 24.2. The SMILES string of the molecule is N#CCCCCCCOc1ccc(C(F)(F)Oc2ccc(C=C(CCCCCc3ccc(N)cc3N)C(=O)O)cc2)cc1. The fourth-order valence-electron chi connectivity index (χ4n) is 4.52. The third-order valence-electron chi connectivity index (χ3n) is 6.95. The highest BCUT2D eigenvalue weighted by atomic mass is 19.3. The van der Waals surface area contributed by atoms with Crippen LogP contribution in [0.15, 0.2) is 72.3 Å². The summed E-state index contributed by atoms with van der Waals surface area (Å²) in [6.07, 6.45) is 5.67. The van der Waals surface area contributed by atoms with Gasteiger partial charge in [0.1, 0.15) is 11.5 Å². The van der Waals surface area contributed by atoms with Gasteiger partial charge in [0, 0.05) is 23.4 Å². The van der Waals surface area contributed by atoms with Crippen LogP contribution in [0, 0.1) is 11.3 Å². The van der Waals surface area contributed by atoms with E-state index in [4.69, 9.17) is 26.2 Å². The minimum absolute atomic E-state index is 0.0438. The lowest BCUT2D eigenvalue weighted by Crippen LogP contribution is -2.21. The molecule has 5 N–H and O–H groups in total. The number of carbonyl (C=O) groups is 1. The number of nitrogen functional groups attached to an aromatic ring is 2. The molecule has 3 aromatic carbocycles. The van der Waals surface area contributed by atoms with Gasteiger partial charge in [0.15, 0.2) is 0 Å². The van der Waals surface area contributed by atoms with Gasteiger partial charge in [-0.05, 0) is 104 Å². The van der Waals surface area contributed by atoms with E-state index in [0.717, 1.165) is 50.5 Å². The smallest absolute Gasteiger partial charge is 0.426 e. The zero-order chi connectivity index (χ0) is 31.1. The number of aliphatic carboxylic acids is 1. The normalized spacial score (nSPS) is 11.6. The number of hydrogen-bond donors (Lipinski definition) is 3. The number of carboxylic acid groups (broad SMARTS) is 1. The molecule has 0 aliphatic carbocycles. The molecule has 7 nitrogen and oxygen atoms in total. The van der Waals surface area contributed by atoms with Gasteiger partial charge in [-0.15, -0.1) is 0 Å². The van der Waals surface area contributed by atoms with E-state index >= 15 is 0 Å². The number of alkyl halides is 2. The molecular weight excluding hydrogens is 552 g/mol. The van der Waals surface area contributed by atoms with Gasteiger partial charge in [0.05, 0.1) is 18.2 Å². The molecule has 3 rings (SSSR count). The molecule has 43 heavy (non-hydrogen) atoms. The summed E-state index contributed by atoms with van der Waals surface area (Å²) in [7, 11) is 0. The second-order valence-corrected chi connectivity index (χ2v) is 10.4. The molecule has 0 fully saturated rings. The molecule has 0 atom stereocenters. The van der Waals surface area contributed by atoms with E-state index in [1.165, 1.54) is 36.4 Å².